The van der Waals surface area contributed by atoms with Gasteiger partial charge in [0.15, 0.2) is 0 Å². The van der Waals surface area contributed by atoms with E-state index in [1.807, 2.05) is 55.6 Å². The van der Waals surface area contributed by atoms with Crippen LogP contribution in [0.25, 0.3) is 6.08 Å². The Labute approximate surface area is 196 Å². The number of carbonyl (C=O) groups is 3. The first-order valence-electron chi connectivity index (χ1n) is 10.8. The summed E-state index contributed by atoms with van der Waals surface area (Å²) in [5.74, 6) is -0.698. The van der Waals surface area contributed by atoms with Gasteiger partial charge in [0.2, 0.25) is 5.91 Å². The fourth-order valence-corrected chi connectivity index (χ4v) is 4.43. The molecule has 6 nitrogen and oxygen atoms in total. The summed E-state index contributed by atoms with van der Waals surface area (Å²) in [6, 6.07) is 16.5. The molecular weight excluding hydrogens is 434 g/mol. The molecular formula is C26H25N3O3S. The van der Waals surface area contributed by atoms with Gasteiger partial charge in [-0.1, -0.05) is 30.3 Å². The van der Waals surface area contributed by atoms with E-state index in [9.17, 15) is 14.4 Å². The Morgan fingerprint density at radius 2 is 1.85 bits per heavy atom. The van der Waals surface area contributed by atoms with Gasteiger partial charge >= 0.3 is 0 Å². The molecule has 4 rings (SSSR count). The highest BCUT2D eigenvalue weighted by Gasteiger charge is 2.24. The second-order valence-corrected chi connectivity index (χ2v) is 8.93. The van der Waals surface area contributed by atoms with Gasteiger partial charge in [0, 0.05) is 34.8 Å². The van der Waals surface area contributed by atoms with Gasteiger partial charge in [-0.15, -0.1) is 11.3 Å². The first-order chi connectivity index (χ1) is 15.9. The molecule has 33 heavy (non-hydrogen) atoms. The van der Waals surface area contributed by atoms with Crippen molar-refractivity contribution in [1.82, 2.24) is 5.32 Å². The van der Waals surface area contributed by atoms with Crippen molar-refractivity contribution in [3.05, 3.63) is 87.2 Å². The van der Waals surface area contributed by atoms with Gasteiger partial charge in [-0.05, 0) is 67.1 Å². The zero-order valence-corrected chi connectivity index (χ0v) is 19.4. The minimum absolute atomic E-state index is 0.0883. The summed E-state index contributed by atoms with van der Waals surface area (Å²) in [6.45, 7) is 4.47. The molecule has 2 heterocycles. The maximum atomic E-state index is 13.2. The number of hydrogen-bond acceptors (Lipinski definition) is 4. The molecule has 0 saturated carbocycles. The number of rotatable bonds is 6. The van der Waals surface area contributed by atoms with Crippen LogP contribution >= 0.6 is 11.3 Å². The van der Waals surface area contributed by atoms with Crippen molar-refractivity contribution >= 4 is 46.5 Å². The number of hydrogen-bond donors (Lipinski definition) is 2. The standard InChI is InChI=1S/C26H25N3O3S/c1-17-7-3-4-9-21(17)25(31)28-22(16-20-8-6-14-33-20)26(32)27-19-12-11-18(2)23(15-19)29-13-5-10-24(29)30/h3-4,6-9,11-12,14-16H,5,10,13H2,1-2H3,(H,27,32)(H,28,31)/b22-16-. The van der Waals surface area contributed by atoms with Crippen molar-refractivity contribution in [3.8, 4) is 0 Å². The highest BCUT2D eigenvalue weighted by Crippen LogP contribution is 2.28. The molecule has 0 radical (unpaired) electrons. The Morgan fingerprint density at radius 1 is 1.03 bits per heavy atom. The van der Waals surface area contributed by atoms with Crippen LogP contribution in [-0.2, 0) is 9.59 Å². The van der Waals surface area contributed by atoms with Gasteiger partial charge in [-0.2, -0.15) is 0 Å². The zero-order valence-electron chi connectivity index (χ0n) is 18.6. The summed E-state index contributed by atoms with van der Waals surface area (Å²) >= 11 is 1.47. The molecule has 0 unspecified atom stereocenters. The Hall–Kier alpha value is -3.71. The molecule has 2 aromatic carbocycles. The van der Waals surface area contributed by atoms with E-state index < -0.39 is 5.91 Å². The maximum Gasteiger partial charge on any atom is 0.272 e. The zero-order chi connectivity index (χ0) is 23.4. The van der Waals surface area contributed by atoms with E-state index in [1.165, 1.54) is 11.3 Å². The van der Waals surface area contributed by atoms with Crippen LogP contribution in [0.2, 0.25) is 0 Å². The molecule has 7 heteroatoms. The van der Waals surface area contributed by atoms with Gasteiger partial charge in [0.05, 0.1) is 0 Å². The lowest BCUT2D eigenvalue weighted by Crippen LogP contribution is -2.31. The van der Waals surface area contributed by atoms with Gasteiger partial charge in [0.1, 0.15) is 5.70 Å². The predicted molar refractivity (Wildman–Crippen MR) is 132 cm³/mol. The van der Waals surface area contributed by atoms with E-state index in [0.717, 1.165) is 28.1 Å². The van der Waals surface area contributed by atoms with Crippen LogP contribution in [0.3, 0.4) is 0 Å². The third-order valence-electron chi connectivity index (χ3n) is 5.54. The molecule has 0 bridgehead atoms. The largest absolute Gasteiger partial charge is 0.321 e. The Bertz CT molecular complexity index is 1230. The summed E-state index contributed by atoms with van der Waals surface area (Å²) in [4.78, 5) is 40.9. The molecule has 0 spiro atoms. The summed E-state index contributed by atoms with van der Waals surface area (Å²) in [5, 5.41) is 7.56. The monoisotopic (exact) mass is 459 g/mol. The number of anilines is 2. The maximum absolute atomic E-state index is 13.2. The molecule has 2 N–H and O–H groups in total. The second kappa shape index (κ2) is 9.83. The summed E-state index contributed by atoms with van der Waals surface area (Å²) < 4.78 is 0. The molecule has 1 aliphatic rings. The molecule has 3 amide bonds. The van der Waals surface area contributed by atoms with E-state index in [2.05, 4.69) is 10.6 Å². The van der Waals surface area contributed by atoms with Crippen molar-refractivity contribution < 1.29 is 14.4 Å². The molecule has 1 saturated heterocycles. The van der Waals surface area contributed by atoms with Crippen LogP contribution in [0, 0.1) is 13.8 Å². The van der Waals surface area contributed by atoms with Crippen molar-refractivity contribution in [2.45, 2.75) is 26.7 Å². The Morgan fingerprint density at radius 3 is 2.55 bits per heavy atom. The number of amides is 3. The fourth-order valence-electron chi connectivity index (χ4n) is 3.77. The molecule has 0 atom stereocenters. The van der Waals surface area contributed by atoms with Gasteiger partial charge in [-0.25, -0.2) is 0 Å². The lowest BCUT2D eigenvalue weighted by atomic mass is 10.1. The highest BCUT2D eigenvalue weighted by molar-refractivity contribution is 7.10. The Balaban J connectivity index is 1.59. The second-order valence-electron chi connectivity index (χ2n) is 7.95. The summed E-state index contributed by atoms with van der Waals surface area (Å²) in [6.07, 6.45) is 3.03. The van der Waals surface area contributed by atoms with E-state index >= 15 is 0 Å². The topological polar surface area (TPSA) is 78.5 Å². The quantitative estimate of drug-likeness (QED) is 0.515. The third-order valence-corrected chi connectivity index (χ3v) is 6.36. The van der Waals surface area contributed by atoms with Gasteiger partial charge in [-0.3, -0.25) is 14.4 Å². The SMILES string of the molecule is Cc1ccccc1C(=O)N/C(=C\c1cccs1)C(=O)Nc1ccc(C)c(N2CCCC2=O)c1. The number of benzene rings is 2. The predicted octanol–water partition coefficient (Wildman–Crippen LogP) is 4.90. The first kappa shape index (κ1) is 22.5. The van der Waals surface area contributed by atoms with Gasteiger partial charge < -0.3 is 15.5 Å². The van der Waals surface area contributed by atoms with E-state index in [-0.39, 0.29) is 17.5 Å². The van der Waals surface area contributed by atoms with Gasteiger partial charge in [0.25, 0.3) is 11.8 Å². The fraction of sp³-hybridized carbons (Fsp3) is 0.192. The van der Waals surface area contributed by atoms with Crippen LogP contribution in [0.15, 0.2) is 65.7 Å². The van der Waals surface area contributed by atoms with E-state index in [0.29, 0.717) is 24.2 Å². The van der Waals surface area contributed by atoms with Crippen molar-refractivity contribution in [3.63, 3.8) is 0 Å². The van der Waals surface area contributed by atoms with Crippen LogP contribution < -0.4 is 15.5 Å². The average Bonchev–Trinajstić information content (AvgIpc) is 3.46. The molecule has 1 aromatic heterocycles. The van der Waals surface area contributed by atoms with Crippen LogP contribution in [-0.4, -0.2) is 24.3 Å². The summed E-state index contributed by atoms with van der Waals surface area (Å²) in [5.41, 5.74) is 3.79. The van der Waals surface area contributed by atoms with Crippen molar-refractivity contribution in [2.75, 3.05) is 16.8 Å². The molecule has 3 aromatic rings. The normalized spacial score (nSPS) is 13.8. The minimum atomic E-state index is -0.437. The molecule has 1 aliphatic heterocycles. The number of thiophene rings is 1. The molecule has 0 aliphatic carbocycles. The van der Waals surface area contributed by atoms with Crippen LogP contribution in [0.1, 0.15) is 39.2 Å². The van der Waals surface area contributed by atoms with Crippen LogP contribution in [0.5, 0.6) is 0 Å². The van der Waals surface area contributed by atoms with Crippen LogP contribution in [0.4, 0.5) is 11.4 Å². The lowest BCUT2D eigenvalue weighted by molar-refractivity contribution is -0.117. The number of aryl methyl sites for hydroxylation is 2. The van der Waals surface area contributed by atoms with Crippen molar-refractivity contribution in [1.29, 1.82) is 0 Å². The average molecular weight is 460 g/mol. The molecule has 168 valence electrons. The number of nitrogens with one attached hydrogen (secondary N) is 2. The van der Waals surface area contributed by atoms with Crippen molar-refractivity contribution in [2.24, 2.45) is 0 Å². The number of carbonyl (C=O) groups excluding carboxylic acids is 3. The highest BCUT2D eigenvalue weighted by atomic mass is 32.1. The first-order valence-corrected chi connectivity index (χ1v) is 11.6. The Kier molecular flexibility index (Phi) is 6.70. The number of nitrogens with zero attached hydrogens (tertiary/aromatic N) is 1. The van der Waals surface area contributed by atoms with E-state index in [4.69, 9.17) is 0 Å². The minimum Gasteiger partial charge on any atom is -0.321 e. The smallest absolute Gasteiger partial charge is 0.272 e. The molecule has 1 fully saturated rings. The lowest BCUT2D eigenvalue weighted by Gasteiger charge is -2.20. The van der Waals surface area contributed by atoms with E-state index in [1.54, 1.807) is 29.2 Å². The summed E-state index contributed by atoms with van der Waals surface area (Å²) in [7, 11) is 0. The third kappa shape index (κ3) is 5.21.